The van der Waals surface area contributed by atoms with E-state index in [2.05, 4.69) is 86.9 Å². The highest BCUT2D eigenvalue weighted by molar-refractivity contribution is 6.02. The zero-order valence-electron chi connectivity index (χ0n) is 21.5. The second-order valence-electron chi connectivity index (χ2n) is 9.11. The van der Waals surface area contributed by atoms with Crippen LogP contribution >= 0.6 is 0 Å². The molecule has 5 heteroatoms. The Morgan fingerprint density at radius 2 is 1.23 bits per heavy atom. The van der Waals surface area contributed by atoms with Crippen molar-refractivity contribution in [3.8, 4) is 11.5 Å². The average molecular weight is 470 g/mol. The van der Waals surface area contributed by atoms with Gasteiger partial charge in [-0.3, -0.25) is 4.79 Å². The van der Waals surface area contributed by atoms with Gasteiger partial charge in [-0.1, -0.05) is 30.3 Å². The van der Waals surface area contributed by atoms with Crippen molar-refractivity contribution >= 4 is 17.3 Å². The first-order valence-electron chi connectivity index (χ1n) is 12.9. The first kappa shape index (κ1) is 23.3. The minimum absolute atomic E-state index is 0.0718. The van der Waals surface area contributed by atoms with Crippen molar-refractivity contribution in [1.29, 1.82) is 0 Å². The summed E-state index contributed by atoms with van der Waals surface area (Å²) in [6.07, 6.45) is 0. The van der Waals surface area contributed by atoms with Gasteiger partial charge in [0.2, 0.25) is 0 Å². The first-order valence-corrected chi connectivity index (χ1v) is 12.9. The summed E-state index contributed by atoms with van der Waals surface area (Å²) in [6.45, 7) is 15.0. The van der Waals surface area contributed by atoms with Gasteiger partial charge in [-0.05, 0) is 58.4 Å². The van der Waals surface area contributed by atoms with Gasteiger partial charge in [0.25, 0.3) is 5.91 Å². The van der Waals surface area contributed by atoms with Gasteiger partial charge >= 0.3 is 0 Å². The van der Waals surface area contributed by atoms with Crippen LogP contribution in [0.1, 0.15) is 61.7 Å². The highest BCUT2D eigenvalue weighted by atomic mass is 16.5. The molecule has 3 aromatic carbocycles. The number of hydrogen-bond acceptors (Lipinski definition) is 4. The van der Waals surface area contributed by atoms with Crippen LogP contribution in [0.4, 0.5) is 11.4 Å². The van der Waals surface area contributed by atoms with Crippen LogP contribution in [0.2, 0.25) is 0 Å². The third-order valence-electron chi connectivity index (χ3n) is 7.70. The Morgan fingerprint density at radius 1 is 0.714 bits per heavy atom. The first-order chi connectivity index (χ1) is 17.0. The van der Waals surface area contributed by atoms with Crippen molar-refractivity contribution < 1.29 is 9.53 Å². The van der Waals surface area contributed by atoms with E-state index in [4.69, 9.17) is 4.74 Å². The standard InChI is InChI=1S/C30H35N3O2/c1-6-31(7-2)21-15-17-25-27(19-21)35-28-20-22(32(8-3)9-4)16-18-26(28)30(25)24-14-12-11-13-23(24)29(34)33(30)10-5/h11-20H,6-10H2,1-5H3. The predicted octanol–water partition coefficient (Wildman–Crippen LogP) is 6.25. The monoisotopic (exact) mass is 469 g/mol. The van der Waals surface area contributed by atoms with Crippen molar-refractivity contribution in [2.24, 2.45) is 0 Å². The largest absolute Gasteiger partial charge is 0.456 e. The van der Waals surface area contributed by atoms with Crippen molar-refractivity contribution in [1.82, 2.24) is 4.90 Å². The van der Waals surface area contributed by atoms with Gasteiger partial charge in [-0.2, -0.15) is 0 Å². The van der Waals surface area contributed by atoms with Gasteiger partial charge in [0.05, 0.1) is 0 Å². The van der Waals surface area contributed by atoms with Crippen LogP contribution in [0, 0.1) is 0 Å². The van der Waals surface area contributed by atoms with E-state index in [9.17, 15) is 4.79 Å². The Hall–Kier alpha value is -3.47. The lowest BCUT2D eigenvalue weighted by atomic mass is 9.74. The minimum atomic E-state index is -0.713. The normalized spacial score (nSPS) is 14.9. The molecule has 0 atom stereocenters. The quantitative estimate of drug-likeness (QED) is 0.410. The smallest absolute Gasteiger partial charge is 0.255 e. The molecule has 2 heterocycles. The summed E-state index contributed by atoms with van der Waals surface area (Å²) in [7, 11) is 0. The molecule has 0 N–H and O–H groups in total. The molecule has 1 spiro atoms. The van der Waals surface area contributed by atoms with E-state index in [1.165, 1.54) is 0 Å². The van der Waals surface area contributed by atoms with Crippen LogP contribution < -0.4 is 14.5 Å². The summed E-state index contributed by atoms with van der Waals surface area (Å²) in [5.74, 6) is 1.71. The molecule has 0 radical (unpaired) electrons. The predicted molar refractivity (Wildman–Crippen MR) is 143 cm³/mol. The Balaban J connectivity index is 1.82. The van der Waals surface area contributed by atoms with Crippen molar-refractivity contribution in [3.63, 3.8) is 0 Å². The molecule has 0 bridgehead atoms. The number of carbonyl (C=O) groups excluding carboxylic acids is 1. The van der Waals surface area contributed by atoms with Crippen LogP contribution in [0.3, 0.4) is 0 Å². The maximum Gasteiger partial charge on any atom is 0.255 e. The van der Waals surface area contributed by atoms with Gasteiger partial charge in [0, 0.05) is 72.9 Å². The summed E-state index contributed by atoms with van der Waals surface area (Å²) in [5.41, 5.74) is 5.40. The van der Waals surface area contributed by atoms with E-state index in [0.717, 1.165) is 71.3 Å². The zero-order chi connectivity index (χ0) is 24.7. The molecule has 5 nitrogen and oxygen atoms in total. The molecule has 182 valence electrons. The lowest BCUT2D eigenvalue weighted by molar-refractivity contribution is 0.0679. The summed E-state index contributed by atoms with van der Waals surface area (Å²) in [5, 5.41) is 0. The molecule has 1 amide bonds. The fourth-order valence-electron chi connectivity index (χ4n) is 6.01. The van der Waals surface area contributed by atoms with Gasteiger partial charge in [0.15, 0.2) is 0 Å². The highest BCUT2D eigenvalue weighted by Crippen LogP contribution is 2.58. The molecular formula is C30H35N3O2. The Morgan fingerprint density at radius 3 is 1.71 bits per heavy atom. The van der Waals surface area contributed by atoms with Crippen molar-refractivity contribution in [2.45, 2.75) is 40.2 Å². The molecule has 35 heavy (non-hydrogen) atoms. The van der Waals surface area contributed by atoms with E-state index < -0.39 is 5.54 Å². The molecule has 2 aliphatic rings. The fraction of sp³-hybridized carbons (Fsp3) is 0.367. The van der Waals surface area contributed by atoms with Crippen molar-refractivity contribution in [3.05, 3.63) is 82.9 Å². The van der Waals surface area contributed by atoms with E-state index in [0.29, 0.717) is 6.54 Å². The van der Waals surface area contributed by atoms with Crippen LogP contribution in [0.15, 0.2) is 60.7 Å². The lowest BCUT2D eigenvalue weighted by Crippen LogP contribution is -2.47. The van der Waals surface area contributed by atoms with E-state index in [-0.39, 0.29) is 5.91 Å². The molecule has 0 unspecified atom stereocenters. The van der Waals surface area contributed by atoms with Gasteiger partial charge in [-0.25, -0.2) is 0 Å². The molecule has 0 saturated heterocycles. The summed E-state index contributed by atoms with van der Waals surface area (Å²) >= 11 is 0. The van der Waals surface area contributed by atoms with Crippen LogP contribution in [-0.4, -0.2) is 43.5 Å². The number of hydrogen-bond donors (Lipinski definition) is 0. The third kappa shape index (κ3) is 3.24. The third-order valence-corrected chi connectivity index (χ3v) is 7.70. The van der Waals surface area contributed by atoms with Gasteiger partial charge < -0.3 is 19.4 Å². The number of fused-ring (bicyclic) bond motifs is 6. The van der Waals surface area contributed by atoms with Crippen LogP contribution in [0.25, 0.3) is 0 Å². The zero-order valence-corrected chi connectivity index (χ0v) is 21.5. The molecule has 5 rings (SSSR count). The Bertz CT molecular complexity index is 1200. The number of nitrogens with zero attached hydrogens (tertiary/aromatic N) is 3. The summed E-state index contributed by atoms with van der Waals surface area (Å²) in [4.78, 5) is 20.4. The minimum Gasteiger partial charge on any atom is -0.456 e. The molecule has 0 fully saturated rings. The number of carbonyl (C=O) groups is 1. The SMILES string of the molecule is CCN(CC)c1ccc2c(c1)Oc1cc(N(CC)CC)ccc1C21c2ccccc2C(=O)N1CC. The highest BCUT2D eigenvalue weighted by Gasteiger charge is 2.55. The van der Waals surface area contributed by atoms with Crippen LogP contribution in [0.5, 0.6) is 11.5 Å². The summed E-state index contributed by atoms with van der Waals surface area (Å²) < 4.78 is 6.68. The lowest BCUT2D eigenvalue weighted by Gasteiger charge is -2.44. The molecule has 2 aliphatic heterocycles. The van der Waals surface area contributed by atoms with Crippen LogP contribution in [-0.2, 0) is 5.54 Å². The average Bonchev–Trinajstić information content (AvgIpc) is 3.14. The Labute approximate surface area is 208 Å². The number of amides is 1. The molecular weight excluding hydrogens is 434 g/mol. The molecule has 0 aliphatic carbocycles. The van der Waals surface area contributed by atoms with E-state index in [1.807, 2.05) is 23.1 Å². The second kappa shape index (κ2) is 8.95. The maximum atomic E-state index is 13.7. The van der Waals surface area contributed by atoms with E-state index >= 15 is 0 Å². The number of ether oxygens (including phenoxy) is 1. The molecule has 3 aromatic rings. The maximum absolute atomic E-state index is 13.7. The topological polar surface area (TPSA) is 36.0 Å². The summed E-state index contributed by atoms with van der Waals surface area (Å²) in [6, 6.07) is 21.0. The van der Waals surface area contributed by atoms with Crippen molar-refractivity contribution in [2.75, 3.05) is 42.5 Å². The number of rotatable bonds is 7. The van der Waals surface area contributed by atoms with Gasteiger partial charge in [-0.15, -0.1) is 0 Å². The molecule has 0 saturated carbocycles. The molecule has 0 aromatic heterocycles. The van der Waals surface area contributed by atoms with Gasteiger partial charge in [0.1, 0.15) is 17.0 Å². The second-order valence-corrected chi connectivity index (χ2v) is 9.11. The van der Waals surface area contributed by atoms with E-state index in [1.54, 1.807) is 0 Å². The number of benzene rings is 3. The fourth-order valence-corrected chi connectivity index (χ4v) is 6.01. The number of anilines is 2. The Kier molecular flexibility index (Phi) is 5.96.